The van der Waals surface area contributed by atoms with Crippen LogP contribution in [0.25, 0.3) is 0 Å². The Morgan fingerprint density at radius 2 is 2.07 bits per heavy atom. The molecular weight excluding hydrogens is 218 g/mol. The minimum Gasteiger partial charge on any atom is -0.396 e. The van der Waals surface area contributed by atoms with Crippen LogP contribution >= 0.6 is 0 Å². The van der Waals surface area contributed by atoms with Crippen LogP contribution < -0.4 is 4.72 Å². The standard InChI is InChI=1S/C9H21NO4S/c1-4-9(2,5-6-11)10-15(12,13)8-7-14-3/h10-11H,4-8H2,1-3H3. The van der Waals surface area contributed by atoms with Crippen molar-refractivity contribution in [3.63, 3.8) is 0 Å². The van der Waals surface area contributed by atoms with Gasteiger partial charge in [0.15, 0.2) is 0 Å². The van der Waals surface area contributed by atoms with E-state index in [1.165, 1.54) is 7.11 Å². The van der Waals surface area contributed by atoms with Gasteiger partial charge in [0.05, 0.1) is 12.4 Å². The second-order valence-electron chi connectivity index (χ2n) is 3.80. The van der Waals surface area contributed by atoms with Crippen molar-refractivity contribution >= 4 is 10.0 Å². The Bertz CT molecular complexity index is 265. The molecule has 2 N–H and O–H groups in total. The van der Waals surface area contributed by atoms with Gasteiger partial charge >= 0.3 is 0 Å². The van der Waals surface area contributed by atoms with E-state index in [-0.39, 0.29) is 19.0 Å². The van der Waals surface area contributed by atoms with Crippen molar-refractivity contribution < 1.29 is 18.3 Å². The van der Waals surface area contributed by atoms with Gasteiger partial charge in [-0.25, -0.2) is 13.1 Å². The van der Waals surface area contributed by atoms with Crippen molar-refractivity contribution in [3.8, 4) is 0 Å². The van der Waals surface area contributed by atoms with Gasteiger partial charge in [-0.15, -0.1) is 0 Å². The van der Waals surface area contributed by atoms with Crippen LogP contribution in [0.3, 0.4) is 0 Å². The van der Waals surface area contributed by atoms with E-state index in [2.05, 4.69) is 4.72 Å². The molecule has 0 spiro atoms. The number of ether oxygens (including phenoxy) is 1. The fourth-order valence-corrected chi connectivity index (χ4v) is 2.65. The minimum atomic E-state index is -3.32. The van der Waals surface area contributed by atoms with Crippen LogP contribution in [0.15, 0.2) is 0 Å². The SMILES string of the molecule is CCC(C)(CCO)NS(=O)(=O)CCOC. The van der Waals surface area contributed by atoms with Crippen molar-refractivity contribution in [2.45, 2.75) is 32.2 Å². The molecule has 0 aromatic carbocycles. The predicted molar refractivity (Wildman–Crippen MR) is 59.2 cm³/mol. The molecule has 0 heterocycles. The summed E-state index contributed by atoms with van der Waals surface area (Å²) in [6.07, 6.45) is 1.05. The lowest BCUT2D eigenvalue weighted by molar-refractivity contribution is 0.214. The van der Waals surface area contributed by atoms with E-state index >= 15 is 0 Å². The van der Waals surface area contributed by atoms with Crippen molar-refractivity contribution in [2.75, 3.05) is 26.1 Å². The fraction of sp³-hybridized carbons (Fsp3) is 1.00. The molecule has 5 nitrogen and oxygen atoms in total. The quantitative estimate of drug-likeness (QED) is 0.630. The summed E-state index contributed by atoms with van der Waals surface area (Å²) in [6, 6.07) is 0. The average molecular weight is 239 g/mol. The number of nitrogens with one attached hydrogen (secondary N) is 1. The first kappa shape index (κ1) is 14.8. The number of rotatable bonds is 8. The molecule has 0 aliphatic rings. The molecule has 0 aliphatic carbocycles. The third-order valence-electron chi connectivity index (χ3n) is 2.40. The maximum absolute atomic E-state index is 11.6. The third-order valence-corrected chi connectivity index (χ3v) is 3.91. The molecule has 0 aromatic heterocycles. The maximum Gasteiger partial charge on any atom is 0.214 e. The summed E-state index contributed by atoms with van der Waals surface area (Å²) in [7, 11) is -1.86. The van der Waals surface area contributed by atoms with Crippen LogP contribution in [0.5, 0.6) is 0 Å². The number of sulfonamides is 1. The maximum atomic E-state index is 11.6. The lowest BCUT2D eigenvalue weighted by Crippen LogP contribution is -2.47. The summed E-state index contributed by atoms with van der Waals surface area (Å²) in [5.41, 5.74) is -0.568. The molecular formula is C9H21NO4S. The topological polar surface area (TPSA) is 75.6 Å². The van der Waals surface area contributed by atoms with Crippen molar-refractivity contribution in [1.29, 1.82) is 0 Å². The average Bonchev–Trinajstić information content (AvgIpc) is 2.14. The van der Waals surface area contributed by atoms with E-state index in [1.54, 1.807) is 6.92 Å². The number of aliphatic hydroxyl groups excluding tert-OH is 1. The Kier molecular flexibility index (Phi) is 6.35. The van der Waals surface area contributed by atoms with Crippen LogP contribution in [-0.4, -0.2) is 45.1 Å². The van der Waals surface area contributed by atoms with Crippen LogP contribution in [0, 0.1) is 0 Å². The Labute approximate surface area is 91.9 Å². The molecule has 0 amide bonds. The number of hydrogen-bond donors (Lipinski definition) is 2. The van der Waals surface area contributed by atoms with Gasteiger partial charge in [-0.05, 0) is 19.8 Å². The summed E-state index contributed by atoms with van der Waals surface area (Å²) < 4.78 is 30.4. The van der Waals surface area contributed by atoms with Crippen molar-refractivity contribution in [3.05, 3.63) is 0 Å². The highest BCUT2D eigenvalue weighted by Gasteiger charge is 2.27. The lowest BCUT2D eigenvalue weighted by atomic mass is 9.97. The summed E-state index contributed by atoms with van der Waals surface area (Å²) in [5.74, 6) is -0.0511. The smallest absolute Gasteiger partial charge is 0.214 e. The van der Waals surface area contributed by atoms with E-state index in [1.807, 2.05) is 6.92 Å². The highest BCUT2D eigenvalue weighted by molar-refractivity contribution is 7.89. The van der Waals surface area contributed by atoms with E-state index in [9.17, 15) is 8.42 Å². The number of methoxy groups -OCH3 is 1. The zero-order chi connectivity index (χ0) is 11.9. The third kappa shape index (κ3) is 6.09. The zero-order valence-electron chi connectivity index (χ0n) is 9.62. The monoisotopic (exact) mass is 239 g/mol. The van der Waals surface area contributed by atoms with Gasteiger partial charge in [0.25, 0.3) is 0 Å². The second-order valence-corrected chi connectivity index (χ2v) is 5.64. The normalized spacial score (nSPS) is 16.3. The van der Waals surface area contributed by atoms with Gasteiger partial charge in [0.1, 0.15) is 0 Å². The Morgan fingerprint density at radius 3 is 2.47 bits per heavy atom. The van der Waals surface area contributed by atoms with E-state index in [4.69, 9.17) is 9.84 Å². The van der Waals surface area contributed by atoms with Crippen LogP contribution in [0.2, 0.25) is 0 Å². The minimum absolute atomic E-state index is 0.0306. The first-order valence-electron chi connectivity index (χ1n) is 5.00. The lowest BCUT2D eigenvalue weighted by Gasteiger charge is -2.28. The van der Waals surface area contributed by atoms with Crippen molar-refractivity contribution in [1.82, 2.24) is 4.72 Å². The first-order valence-corrected chi connectivity index (χ1v) is 6.66. The van der Waals surface area contributed by atoms with Crippen LogP contribution in [-0.2, 0) is 14.8 Å². The van der Waals surface area contributed by atoms with Crippen LogP contribution in [0.4, 0.5) is 0 Å². The Balaban J connectivity index is 4.39. The highest BCUT2D eigenvalue weighted by Crippen LogP contribution is 2.15. The molecule has 0 rings (SSSR count). The summed E-state index contributed by atoms with van der Waals surface area (Å²) in [5, 5.41) is 8.85. The van der Waals surface area contributed by atoms with Gasteiger partial charge < -0.3 is 9.84 Å². The molecule has 15 heavy (non-hydrogen) atoms. The Morgan fingerprint density at radius 1 is 1.47 bits per heavy atom. The molecule has 6 heteroatoms. The molecule has 92 valence electrons. The fourth-order valence-electron chi connectivity index (χ4n) is 1.17. The van der Waals surface area contributed by atoms with Gasteiger partial charge in [-0.1, -0.05) is 6.92 Å². The first-order chi connectivity index (χ1) is 6.89. The van der Waals surface area contributed by atoms with Gasteiger partial charge in [0.2, 0.25) is 10.0 Å². The summed E-state index contributed by atoms with van der Waals surface area (Å²) in [4.78, 5) is 0. The van der Waals surface area contributed by atoms with Gasteiger partial charge in [-0.2, -0.15) is 0 Å². The van der Waals surface area contributed by atoms with Gasteiger partial charge in [0, 0.05) is 19.3 Å². The molecule has 0 fully saturated rings. The van der Waals surface area contributed by atoms with Crippen LogP contribution in [0.1, 0.15) is 26.7 Å². The molecule has 0 aromatic rings. The van der Waals surface area contributed by atoms with E-state index in [0.29, 0.717) is 12.8 Å². The number of aliphatic hydroxyl groups is 1. The molecule has 0 saturated heterocycles. The molecule has 0 bridgehead atoms. The molecule has 0 saturated carbocycles. The summed E-state index contributed by atoms with van der Waals surface area (Å²) >= 11 is 0. The van der Waals surface area contributed by atoms with Crippen molar-refractivity contribution in [2.24, 2.45) is 0 Å². The largest absolute Gasteiger partial charge is 0.396 e. The molecule has 1 unspecified atom stereocenters. The second kappa shape index (κ2) is 6.42. The zero-order valence-corrected chi connectivity index (χ0v) is 10.4. The van der Waals surface area contributed by atoms with E-state index < -0.39 is 15.6 Å². The Hall–Kier alpha value is -0.170. The highest BCUT2D eigenvalue weighted by atomic mass is 32.2. The van der Waals surface area contributed by atoms with E-state index in [0.717, 1.165) is 0 Å². The predicted octanol–water partition coefficient (Wildman–Crippen LogP) is 0.103. The summed E-state index contributed by atoms with van der Waals surface area (Å²) in [6.45, 7) is 3.81. The molecule has 0 radical (unpaired) electrons. The van der Waals surface area contributed by atoms with Gasteiger partial charge in [-0.3, -0.25) is 0 Å². The molecule has 1 atom stereocenters. The molecule has 0 aliphatic heterocycles. The number of hydrogen-bond acceptors (Lipinski definition) is 4.